The minimum Gasteiger partial charge on any atom is -0.453 e. The van der Waals surface area contributed by atoms with Crippen LogP contribution in [0.2, 0.25) is 0 Å². The Labute approximate surface area is 170 Å². The van der Waals surface area contributed by atoms with Gasteiger partial charge < -0.3 is 4.74 Å². The molecule has 156 valence electrons. The highest BCUT2D eigenvalue weighted by Gasteiger charge is 2.32. The van der Waals surface area contributed by atoms with E-state index in [-0.39, 0.29) is 36.5 Å². The molecular formula is C18H16F2N6O3S. The monoisotopic (exact) mass is 434 g/mol. The Morgan fingerprint density at radius 3 is 2.83 bits per heavy atom. The first kappa shape index (κ1) is 20.0. The normalized spacial score (nSPS) is 17.2. The molecule has 0 aliphatic carbocycles. The molecule has 1 aliphatic rings. The lowest BCUT2D eigenvalue weighted by Crippen LogP contribution is -2.34. The number of anilines is 1. The second-order valence-electron chi connectivity index (χ2n) is 6.73. The number of ether oxygens (including phenoxy) is 1. The van der Waals surface area contributed by atoms with Gasteiger partial charge in [0.25, 0.3) is 0 Å². The van der Waals surface area contributed by atoms with Crippen LogP contribution < -0.4 is 9.46 Å². The largest absolute Gasteiger partial charge is 0.453 e. The quantitative estimate of drug-likeness (QED) is 0.660. The highest BCUT2D eigenvalue weighted by molar-refractivity contribution is 7.90. The molecule has 1 fully saturated rings. The van der Waals surface area contributed by atoms with E-state index in [1.165, 1.54) is 10.7 Å². The zero-order valence-electron chi connectivity index (χ0n) is 15.7. The molecule has 2 heterocycles. The SMILES string of the molecule is Cn1nnc2ccc(Oc3c(F)ccc(NS(=O)(=O)N4CC[C@@H](F)C4)c3C#N)cc21. The number of rotatable bonds is 5. The van der Waals surface area contributed by atoms with Crippen molar-refractivity contribution in [2.24, 2.45) is 7.05 Å². The zero-order chi connectivity index (χ0) is 21.5. The van der Waals surface area contributed by atoms with Crippen LogP contribution in [0.3, 0.4) is 0 Å². The fourth-order valence-electron chi connectivity index (χ4n) is 3.15. The number of aromatic nitrogens is 3. The molecule has 0 unspecified atom stereocenters. The summed E-state index contributed by atoms with van der Waals surface area (Å²) in [5, 5.41) is 17.4. The maximum Gasteiger partial charge on any atom is 0.301 e. The molecular weight excluding hydrogens is 418 g/mol. The lowest BCUT2D eigenvalue weighted by atomic mass is 10.1. The number of nitrogens with zero attached hydrogens (tertiary/aromatic N) is 5. The van der Waals surface area contributed by atoms with Crippen LogP contribution in [0.1, 0.15) is 12.0 Å². The Morgan fingerprint density at radius 1 is 1.33 bits per heavy atom. The first-order valence-electron chi connectivity index (χ1n) is 8.90. The molecule has 4 rings (SSSR count). The molecule has 1 aliphatic heterocycles. The molecule has 0 amide bonds. The van der Waals surface area contributed by atoms with Gasteiger partial charge >= 0.3 is 10.2 Å². The van der Waals surface area contributed by atoms with Crippen molar-refractivity contribution in [3.63, 3.8) is 0 Å². The van der Waals surface area contributed by atoms with Gasteiger partial charge in [-0.05, 0) is 30.7 Å². The maximum absolute atomic E-state index is 14.5. The summed E-state index contributed by atoms with van der Waals surface area (Å²) in [7, 11) is -2.44. The van der Waals surface area contributed by atoms with E-state index < -0.39 is 27.9 Å². The second-order valence-corrected chi connectivity index (χ2v) is 8.40. The van der Waals surface area contributed by atoms with Crippen LogP contribution in [0.15, 0.2) is 30.3 Å². The number of hydrogen-bond donors (Lipinski definition) is 1. The predicted molar refractivity (Wildman–Crippen MR) is 103 cm³/mol. The Balaban J connectivity index is 1.68. The lowest BCUT2D eigenvalue weighted by Gasteiger charge is -2.18. The topological polar surface area (TPSA) is 113 Å². The van der Waals surface area contributed by atoms with Gasteiger partial charge in [0.15, 0.2) is 11.6 Å². The van der Waals surface area contributed by atoms with Crippen molar-refractivity contribution in [1.82, 2.24) is 19.3 Å². The fourth-order valence-corrected chi connectivity index (χ4v) is 4.44. The number of benzene rings is 2. The van der Waals surface area contributed by atoms with Crippen LogP contribution in [-0.2, 0) is 17.3 Å². The standard InChI is InChI=1S/C18H16F2N6O3S/c1-25-17-8-12(2-4-16(17)22-24-25)29-18-13(9-21)15(5-3-14(18)20)23-30(27,28)26-7-6-11(19)10-26/h2-5,8,11,23H,6-7,10H2,1H3/t11-/m1/s1. The van der Waals surface area contributed by atoms with E-state index in [4.69, 9.17) is 4.74 Å². The van der Waals surface area contributed by atoms with Gasteiger partial charge in [-0.25, -0.2) is 13.5 Å². The summed E-state index contributed by atoms with van der Waals surface area (Å²) in [5.74, 6) is -1.07. The maximum atomic E-state index is 14.5. The molecule has 1 atom stereocenters. The van der Waals surface area contributed by atoms with E-state index >= 15 is 0 Å². The smallest absolute Gasteiger partial charge is 0.301 e. The van der Waals surface area contributed by atoms with Gasteiger partial charge in [0.2, 0.25) is 0 Å². The fraction of sp³-hybridized carbons (Fsp3) is 0.278. The Morgan fingerprint density at radius 2 is 2.13 bits per heavy atom. The van der Waals surface area contributed by atoms with Gasteiger partial charge in [0.05, 0.1) is 11.2 Å². The average molecular weight is 434 g/mol. The first-order valence-corrected chi connectivity index (χ1v) is 10.3. The van der Waals surface area contributed by atoms with Gasteiger partial charge in [-0.1, -0.05) is 5.21 Å². The van der Waals surface area contributed by atoms with Crippen LogP contribution in [0.4, 0.5) is 14.5 Å². The van der Waals surface area contributed by atoms with E-state index in [2.05, 4.69) is 15.0 Å². The lowest BCUT2D eigenvalue weighted by molar-refractivity contribution is 0.343. The van der Waals surface area contributed by atoms with Crippen LogP contribution in [0, 0.1) is 17.1 Å². The van der Waals surface area contributed by atoms with E-state index in [9.17, 15) is 22.5 Å². The van der Waals surface area contributed by atoms with Crippen molar-refractivity contribution in [1.29, 1.82) is 5.26 Å². The summed E-state index contributed by atoms with van der Waals surface area (Å²) >= 11 is 0. The number of nitriles is 1. The van der Waals surface area contributed by atoms with Gasteiger partial charge in [0, 0.05) is 26.2 Å². The highest BCUT2D eigenvalue weighted by atomic mass is 32.2. The van der Waals surface area contributed by atoms with Crippen LogP contribution in [-0.4, -0.2) is 47.0 Å². The number of aryl methyl sites for hydroxylation is 1. The molecule has 0 bridgehead atoms. The van der Waals surface area contributed by atoms with Crippen LogP contribution in [0.5, 0.6) is 11.5 Å². The third-order valence-corrected chi connectivity index (χ3v) is 6.19. The third kappa shape index (κ3) is 3.64. The molecule has 0 saturated carbocycles. The molecule has 9 nitrogen and oxygen atoms in total. The van der Waals surface area contributed by atoms with Crippen molar-refractivity contribution in [3.8, 4) is 17.6 Å². The molecule has 1 N–H and O–H groups in total. The summed E-state index contributed by atoms with van der Waals surface area (Å²) in [5.41, 5.74) is 0.722. The van der Waals surface area contributed by atoms with Crippen molar-refractivity contribution in [3.05, 3.63) is 41.7 Å². The van der Waals surface area contributed by atoms with Crippen molar-refractivity contribution < 1.29 is 21.9 Å². The van der Waals surface area contributed by atoms with Gasteiger partial charge in [-0.15, -0.1) is 5.10 Å². The Hall–Kier alpha value is -3.30. The number of fused-ring (bicyclic) bond motifs is 1. The van der Waals surface area contributed by atoms with Crippen LogP contribution >= 0.6 is 0 Å². The van der Waals surface area contributed by atoms with E-state index in [0.29, 0.717) is 11.0 Å². The molecule has 0 radical (unpaired) electrons. The van der Waals surface area contributed by atoms with Crippen molar-refractivity contribution in [2.45, 2.75) is 12.6 Å². The summed E-state index contributed by atoms with van der Waals surface area (Å²) in [4.78, 5) is 0. The van der Waals surface area contributed by atoms with Crippen LogP contribution in [0.25, 0.3) is 11.0 Å². The van der Waals surface area contributed by atoms with Crippen molar-refractivity contribution in [2.75, 3.05) is 17.8 Å². The van der Waals surface area contributed by atoms with Crippen molar-refractivity contribution >= 4 is 26.9 Å². The molecule has 1 saturated heterocycles. The molecule has 1 aromatic heterocycles. The van der Waals surface area contributed by atoms with Gasteiger partial charge in [0.1, 0.15) is 29.1 Å². The second kappa shape index (κ2) is 7.51. The minimum absolute atomic E-state index is 0.0156. The van der Waals surface area contributed by atoms with E-state index in [1.54, 1.807) is 25.2 Å². The zero-order valence-corrected chi connectivity index (χ0v) is 16.5. The Bertz CT molecular complexity index is 1270. The molecule has 2 aromatic carbocycles. The molecule has 30 heavy (non-hydrogen) atoms. The molecule has 12 heteroatoms. The average Bonchev–Trinajstić information content (AvgIpc) is 3.31. The van der Waals surface area contributed by atoms with Gasteiger partial charge in [-0.3, -0.25) is 4.72 Å². The molecule has 3 aromatic rings. The number of hydrogen-bond acceptors (Lipinski definition) is 6. The summed E-state index contributed by atoms with van der Waals surface area (Å²) < 4.78 is 63.2. The van der Waals surface area contributed by atoms with E-state index in [0.717, 1.165) is 16.4 Å². The number of alkyl halides is 1. The Kier molecular flexibility index (Phi) is 5.00. The highest BCUT2D eigenvalue weighted by Crippen LogP contribution is 2.34. The summed E-state index contributed by atoms with van der Waals surface area (Å²) in [6.45, 7) is -0.262. The first-order chi connectivity index (χ1) is 14.3. The molecule has 0 spiro atoms. The summed E-state index contributed by atoms with van der Waals surface area (Å²) in [6, 6.07) is 8.60. The summed E-state index contributed by atoms with van der Waals surface area (Å²) in [6.07, 6.45) is -1.16. The van der Waals surface area contributed by atoms with E-state index in [1.807, 2.05) is 0 Å². The number of halogens is 2. The van der Waals surface area contributed by atoms with Gasteiger partial charge in [-0.2, -0.15) is 18.0 Å². The minimum atomic E-state index is -4.11. The number of nitrogens with one attached hydrogen (secondary N) is 1. The third-order valence-electron chi connectivity index (χ3n) is 4.70. The predicted octanol–water partition coefficient (Wildman–Crippen LogP) is 2.47.